The summed E-state index contributed by atoms with van der Waals surface area (Å²) in [5, 5.41) is 23.2. The Morgan fingerprint density at radius 3 is 2.33 bits per heavy atom. The number of aromatic nitrogens is 2. The van der Waals surface area contributed by atoms with E-state index in [1.165, 1.54) is 13.2 Å². The predicted molar refractivity (Wildman–Crippen MR) is 139 cm³/mol. The van der Waals surface area contributed by atoms with Crippen LogP contribution in [-0.4, -0.2) is 64.6 Å². The minimum absolute atomic E-state index is 0.0976. The molecule has 4 N–H and O–H groups in total. The molecule has 0 aliphatic carbocycles. The van der Waals surface area contributed by atoms with E-state index in [1.807, 2.05) is 36.4 Å². The van der Waals surface area contributed by atoms with Gasteiger partial charge in [-0.25, -0.2) is 18.1 Å². The number of carbonyl (C=O) groups excluding carboxylic acids is 1. The largest absolute Gasteiger partial charge is 0.391 e. The maximum Gasteiger partial charge on any atom is 0.271 e. The van der Waals surface area contributed by atoms with E-state index in [-0.39, 0.29) is 31.4 Å². The Balaban J connectivity index is 1.84. The Bertz CT molecular complexity index is 1260. The van der Waals surface area contributed by atoms with Gasteiger partial charge in [-0.2, -0.15) is 0 Å². The number of nitrogens with zero attached hydrogens (tertiary/aromatic N) is 2. The summed E-state index contributed by atoms with van der Waals surface area (Å²) in [7, 11) is -2.43. The van der Waals surface area contributed by atoms with Gasteiger partial charge in [0.25, 0.3) is 5.91 Å². The smallest absolute Gasteiger partial charge is 0.271 e. The molecule has 1 aromatic heterocycles. The second kappa shape index (κ2) is 11.9. The van der Waals surface area contributed by atoms with Crippen LogP contribution in [0.25, 0.3) is 11.0 Å². The Morgan fingerprint density at radius 1 is 1.06 bits per heavy atom. The lowest BCUT2D eigenvalue weighted by Crippen LogP contribution is -2.47. The number of fused-ring (bicyclic) bond motifs is 1. The molecule has 36 heavy (non-hydrogen) atoms. The lowest BCUT2D eigenvalue weighted by Gasteiger charge is -2.28. The first-order valence-electron chi connectivity index (χ1n) is 11.9. The van der Waals surface area contributed by atoms with E-state index in [0.29, 0.717) is 11.0 Å². The van der Waals surface area contributed by atoms with Gasteiger partial charge in [-0.3, -0.25) is 9.78 Å². The molecule has 2 aromatic carbocycles. The van der Waals surface area contributed by atoms with Crippen LogP contribution in [0.15, 0.2) is 60.8 Å². The molecule has 194 valence electrons. The van der Waals surface area contributed by atoms with Crippen molar-refractivity contribution in [2.45, 2.75) is 62.5 Å². The summed E-state index contributed by atoms with van der Waals surface area (Å²) < 4.78 is 27.7. The molecule has 3 atom stereocenters. The van der Waals surface area contributed by atoms with Gasteiger partial charge < -0.3 is 15.5 Å². The Hall–Kier alpha value is -2.92. The molecule has 0 radical (unpaired) electrons. The van der Waals surface area contributed by atoms with E-state index >= 15 is 0 Å². The van der Waals surface area contributed by atoms with Crippen molar-refractivity contribution in [1.29, 1.82) is 0 Å². The van der Waals surface area contributed by atoms with Gasteiger partial charge in [0, 0.05) is 0 Å². The minimum Gasteiger partial charge on any atom is -0.391 e. The van der Waals surface area contributed by atoms with Crippen molar-refractivity contribution in [3.63, 3.8) is 0 Å². The van der Waals surface area contributed by atoms with Crippen molar-refractivity contribution in [3.05, 3.63) is 72.1 Å². The highest BCUT2D eigenvalue weighted by Gasteiger charge is 2.32. The maximum absolute atomic E-state index is 13.1. The number of aliphatic hydroxyl groups excluding tert-OH is 1. The summed E-state index contributed by atoms with van der Waals surface area (Å²) in [6.07, 6.45) is 0.728. The maximum atomic E-state index is 13.1. The number of amides is 1. The number of rotatable bonds is 12. The average molecular weight is 515 g/mol. The van der Waals surface area contributed by atoms with Crippen LogP contribution in [0.5, 0.6) is 0 Å². The zero-order chi connectivity index (χ0) is 26.3. The van der Waals surface area contributed by atoms with Crippen LogP contribution in [-0.2, 0) is 16.4 Å². The Kier molecular flexibility index (Phi) is 9.13. The van der Waals surface area contributed by atoms with Crippen LogP contribution in [0.4, 0.5) is 0 Å². The molecular formula is C26H34N4O5S. The normalized spacial score (nSPS) is 14.8. The average Bonchev–Trinajstić information content (AvgIpc) is 2.85. The van der Waals surface area contributed by atoms with E-state index in [0.717, 1.165) is 5.56 Å². The van der Waals surface area contributed by atoms with Crippen molar-refractivity contribution in [2.24, 2.45) is 0 Å². The number of carbonyl (C=O) groups is 1. The van der Waals surface area contributed by atoms with E-state index in [2.05, 4.69) is 20.0 Å². The third-order valence-electron chi connectivity index (χ3n) is 6.07. The first-order chi connectivity index (χ1) is 17.0. The highest BCUT2D eigenvalue weighted by molar-refractivity contribution is 7.90. The molecule has 0 saturated heterocycles. The molecule has 3 rings (SSSR count). The lowest BCUT2D eigenvalue weighted by molar-refractivity contribution is 0.0640. The van der Waals surface area contributed by atoms with Crippen molar-refractivity contribution >= 4 is 27.0 Å². The number of sulfonamides is 1. The van der Waals surface area contributed by atoms with Gasteiger partial charge in [-0.1, -0.05) is 42.5 Å². The number of hydrogen-bond donors (Lipinski definition) is 4. The molecular weight excluding hydrogens is 480 g/mol. The van der Waals surface area contributed by atoms with Crippen LogP contribution in [0, 0.1) is 0 Å². The van der Waals surface area contributed by atoms with Gasteiger partial charge >= 0.3 is 0 Å². The van der Waals surface area contributed by atoms with Crippen LogP contribution < -0.4 is 10.0 Å². The highest BCUT2D eigenvalue weighted by Crippen LogP contribution is 2.22. The fourth-order valence-electron chi connectivity index (χ4n) is 3.97. The summed E-state index contributed by atoms with van der Waals surface area (Å²) in [6.45, 7) is 3.21. The van der Waals surface area contributed by atoms with Gasteiger partial charge in [0.15, 0.2) is 0 Å². The molecule has 0 spiro atoms. The van der Waals surface area contributed by atoms with Crippen LogP contribution in [0.3, 0.4) is 0 Å². The SMILES string of the molecule is CNS(=O)(=O)[C@@H](CCC(C)(C)O)C[C@H](O)[C@H](Cc1ccccc1)NC(=O)c1cnc2ccccc2n1. The zero-order valence-electron chi connectivity index (χ0n) is 20.8. The second-order valence-electron chi connectivity index (χ2n) is 9.54. The number of para-hydroxylation sites is 2. The third-order valence-corrected chi connectivity index (χ3v) is 7.94. The number of hydrogen-bond acceptors (Lipinski definition) is 7. The standard InChI is InChI=1S/C26H34N4O5S/c1-26(2,33)14-13-19(36(34,35)27-3)16-24(31)22(15-18-9-5-4-6-10-18)30-25(32)23-17-28-20-11-7-8-12-21(20)29-23/h4-12,17,19,22,24,27,31,33H,13-16H2,1-3H3,(H,30,32)/t19-,22-,24-/m0/s1. The quantitative estimate of drug-likeness (QED) is 0.290. The van der Waals surface area contributed by atoms with Gasteiger partial charge in [0.05, 0.1) is 40.2 Å². The van der Waals surface area contributed by atoms with Gasteiger partial charge in [-0.05, 0) is 64.3 Å². The molecule has 3 aromatic rings. The van der Waals surface area contributed by atoms with Crippen LogP contribution >= 0.6 is 0 Å². The first kappa shape index (κ1) is 27.7. The summed E-state index contributed by atoms with van der Waals surface area (Å²) in [4.78, 5) is 21.8. The lowest BCUT2D eigenvalue weighted by atomic mass is 9.94. The number of nitrogens with one attached hydrogen (secondary N) is 2. The monoisotopic (exact) mass is 514 g/mol. The van der Waals surface area contributed by atoms with Gasteiger partial charge in [-0.15, -0.1) is 0 Å². The third kappa shape index (κ3) is 7.79. The first-order valence-corrected chi connectivity index (χ1v) is 13.4. The summed E-state index contributed by atoms with van der Waals surface area (Å²) in [5.74, 6) is -0.516. The topological polar surface area (TPSA) is 142 Å². The van der Waals surface area contributed by atoms with Crippen molar-refractivity contribution in [3.8, 4) is 0 Å². The van der Waals surface area contributed by atoms with Gasteiger partial charge in [0.2, 0.25) is 10.0 Å². The summed E-state index contributed by atoms with van der Waals surface area (Å²) >= 11 is 0. The predicted octanol–water partition coefficient (Wildman–Crippen LogP) is 2.19. The van der Waals surface area contributed by atoms with E-state index in [9.17, 15) is 23.4 Å². The Morgan fingerprint density at radius 2 is 1.69 bits per heavy atom. The van der Waals surface area contributed by atoms with Crippen molar-refractivity contribution < 1.29 is 23.4 Å². The molecule has 1 heterocycles. The molecule has 10 heteroatoms. The van der Waals surface area contributed by atoms with Crippen molar-refractivity contribution in [1.82, 2.24) is 20.0 Å². The second-order valence-corrected chi connectivity index (χ2v) is 11.7. The van der Waals surface area contributed by atoms with E-state index in [4.69, 9.17) is 0 Å². The molecule has 0 fully saturated rings. The van der Waals surface area contributed by atoms with Crippen LogP contribution in [0.1, 0.15) is 49.2 Å². The Labute approximate surface area is 212 Å². The highest BCUT2D eigenvalue weighted by atomic mass is 32.2. The molecule has 0 aliphatic rings. The molecule has 0 unspecified atom stereocenters. The summed E-state index contributed by atoms with van der Waals surface area (Å²) in [6, 6.07) is 15.7. The fourth-order valence-corrected chi connectivity index (χ4v) is 5.19. The van der Waals surface area contributed by atoms with Gasteiger partial charge in [0.1, 0.15) is 5.69 Å². The molecule has 1 amide bonds. The minimum atomic E-state index is -3.75. The van der Waals surface area contributed by atoms with E-state index < -0.39 is 38.9 Å². The molecule has 0 bridgehead atoms. The molecule has 0 aliphatic heterocycles. The molecule has 9 nitrogen and oxygen atoms in total. The van der Waals surface area contributed by atoms with Crippen LogP contribution in [0.2, 0.25) is 0 Å². The number of aliphatic hydroxyl groups is 2. The number of benzene rings is 2. The van der Waals surface area contributed by atoms with Crippen molar-refractivity contribution in [2.75, 3.05) is 7.05 Å². The van der Waals surface area contributed by atoms with E-state index in [1.54, 1.807) is 32.0 Å². The molecule has 0 saturated carbocycles. The zero-order valence-corrected chi connectivity index (χ0v) is 21.6. The summed E-state index contributed by atoms with van der Waals surface area (Å²) in [5.41, 5.74) is 1.13. The fraction of sp³-hybridized carbons (Fsp3) is 0.423.